The molecule has 0 bridgehead atoms. The zero-order chi connectivity index (χ0) is 23.2. The molecule has 1 aliphatic heterocycles. The van der Waals surface area contributed by atoms with Gasteiger partial charge in [-0.1, -0.05) is 84.4 Å². The first-order chi connectivity index (χ1) is 16.0. The number of hydrogen-bond donors (Lipinski definition) is 0. The number of Topliss-reactive ketones (excluding diaryl/α,β-unsaturated/α-hetero) is 1. The Bertz CT molecular complexity index is 954. The lowest BCUT2D eigenvalue weighted by atomic mass is 9.71. The summed E-state index contributed by atoms with van der Waals surface area (Å²) in [5.41, 5.74) is 2.69. The van der Waals surface area contributed by atoms with Crippen molar-refractivity contribution in [2.45, 2.75) is 70.7 Å². The molecule has 4 unspecified atom stereocenters. The Morgan fingerprint density at radius 3 is 2.52 bits per heavy atom. The predicted octanol–water partition coefficient (Wildman–Crippen LogP) is 7.99. The Labute approximate surface area is 210 Å². The third kappa shape index (κ3) is 6.29. The molecular formula is C28H32BrClO3. The molecule has 4 atom stereocenters. The van der Waals surface area contributed by atoms with Crippen LogP contribution in [0.15, 0.2) is 59.3 Å². The number of ketones is 1. The largest absolute Gasteiger partial charge is 0.496 e. The van der Waals surface area contributed by atoms with E-state index in [-0.39, 0.29) is 23.9 Å². The minimum absolute atomic E-state index is 0.106. The van der Waals surface area contributed by atoms with Crippen LogP contribution in [-0.2, 0) is 20.9 Å². The van der Waals surface area contributed by atoms with Gasteiger partial charge in [0, 0.05) is 15.9 Å². The molecule has 0 spiro atoms. The summed E-state index contributed by atoms with van der Waals surface area (Å²) in [5, 5.41) is 0.664. The van der Waals surface area contributed by atoms with Gasteiger partial charge in [0.2, 0.25) is 0 Å². The van der Waals surface area contributed by atoms with Crippen molar-refractivity contribution >= 4 is 38.9 Å². The Hall–Kier alpha value is -1.62. The van der Waals surface area contributed by atoms with Gasteiger partial charge >= 0.3 is 0 Å². The van der Waals surface area contributed by atoms with Crippen LogP contribution in [0.2, 0.25) is 5.02 Å². The Morgan fingerprint density at radius 2 is 1.79 bits per heavy atom. The molecular weight excluding hydrogens is 500 g/mol. The van der Waals surface area contributed by atoms with Crippen LogP contribution in [-0.4, -0.2) is 18.0 Å². The Balaban J connectivity index is 1.47. The molecule has 5 heteroatoms. The average Bonchev–Trinajstić information content (AvgIpc) is 2.83. The van der Waals surface area contributed by atoms with Gasteiger partial charge in [-0.25, -0.2) is 0 Å². The van der Waals surface area contributed by atoms with Crippen LogP contribution in [0, 0.1) is 11.8 Å². The maximum absolute atomic E-state index is 13.5. The van der Waals surface area contributed by atoms with Crippen LogP contribution in [0.5, 0.6) is 0 Å². The first-order valence-corrected chi connectivity index (χ1v) is 13.2. The summed E-state index contributed by atoms with van der Waals surface area (Å²) in [5.74, 6) is 0.457. The van der Waals surface area contributed by atoms with Crippen molar-refractivity contribution in [3.63, 3.8) is 0 Å². The van der Waals surface area contributed by atoms with Gasteiger partial charge in [0.1, 0.15) is 6.10 Å². The first-order valence-electron chi connectivity index (χ1n) is 12.1. The van der Waals surface area contributed by atoms with E-state index in [1.54, 1.807) is 6.26 Å². The van der Waals surface area contributed by atoms with E-state index in [1.165, 1.54) is 25.7 Å². The SMILES string of the molecule is CCCCCCC1CC2C(=O)C(c3ccc(Cl)cc3)=COC2CC1OCc1ccc(Br)cc1. The number of rotatable bonds is 9. The highest BCUT2D eigenvalue weighted by molar-refractivity contribution is 9.10. The number of carbonyl (C=O) groups excluding carboxylic acids is 1. The van der Waals surface area contributed by atoms with Crippen molar-refractivity contribution in [2.24, 2.45) is 11.8 Å². The lowest BCUT2D eigenvalue weighted by Crippen LogP contribution is -2.45. The number of ether oxygens (including phenoxy) is 2. The molecule has 1 saturated carbocycles. The standard InChI is InChI=1S/C28H32BrClO3/c1-2-3-4-5-6-21-15-24-27(16-26(21)32-17-19-7-11-22(29)12-8-19)33-18-25(28(24)31)20-9-13-23(30)14-10-20/h7-14,18,21,24,26-27H,2-6,15-17H2,1H3. The van der Waals surface area contributed by atoms with Gasteiger partial charge in [0.15, 0.2) is 5.78 Å². The van der Waals surface area contributed by atoms with Crippen molar-refractivity contribution < 1.29 is 14.3 Å². The minimum Gasteiger partial charge on any atom is -0.496 e. The van der Waals surface area contributed by atoms with Gasteiger partial charge in [-0.3, -0.25) is 4.79 Å². The number of hydrogen-bond acceptors (Lipinski definition) is 3. The summed E-state index contributed by atoms with van der Waals surface area (Å²) in [6, 6.07) is 15.7. The summed E-state index contributed by atoms with van der Waals surface area (Å²) in [6.45, 7) is 2.82. The average molecular weight is 532 g/mol. The fourth-order valence-corrected chi connectivity index (χ4v) is 5.41. The maximum atomic E-state index is 13.5. The number of benzene rings is 2. The van der Waals surface area contributed by atoms with Gasteiger partial charge in [-0.2, -0.15) is 0 Å². The van der Waals surface area contributed by atoms with E-state index in [0.717, 1.165) is 34.9 Å². The van der Waals surface area contributed by atoms with E-state index in [4.69, 9.17) is 21.1 Å². The molecule has 0 saturated heterocycles. The van der Waals surface area contributed by atoms with E-state index in [0.29, 0.717) is 23.1 Å². The minimum atomic E-state index is -0.115. The van der Waals surface area contributed by atoms with Crippen molar-refractivity contribution in [3.05, 3.63) is 75.4 Å². The molecule has 33 heavy (non-hydrogen) atoms. The van der Waals surface area contributed by atoms with E-state index in [9.17, 15) is 4.79 Å². The van der Waals surface area contributed by atoms with Crippen molar-refractivity contribution in [1.29, 1.82) is 0 Å². The Morgan fingerprint density at radius 1 is 1.03 bits per heavy atom. The van der Waals surface area contributed by atoms with E-state index >= 15 is 0 Å². The molecule has 2 aromatic rings. The van der Waals surface area contributed by atoms with Gasteiger partial charge in [0.05, 0.1) is 30.5 Å². The highest BCUT2D eigenvalue weighted by Gasteiger charge is 2.44. The lowest BCUT2D eigenvalue weighted by molar-refractivity contribution is -0.133. The summed E-state index contributed by atoms with van der Waals surface area (Å²) in [6.07, 6.45) is 9.23. The zero-order valence-electron chi connectivity index (χ0n) is 19.1. The third-order valence-electron chi connectivity index (χ3n) is 6.92. The smallest absolute Gasteiger partial charge is 0.173 e. The van der Waals surface area contributed by atoms with Crippen LogP contribution < -0.4 is 0 Å². The normalized spacial score (nSPS) is 24.7. The van der Waals surface area contributed by atoms with Crippen LogP contribution >= 0.6 is 27.5 Å². The fraction of sp³-hybridized carbons (Fsp3) is 0.464. The predicted molar refractivity (Wildman–Crippen MR) is 137 cm³/mol. The van der Waals surface area contributed by atoms with Gasteiger partial charge in [0.25, 0.3) is 0 Å². The van der Waals surface area contributed by atoms with E-state index in [2.05, 4.69) is 35.0 Å². The molecule has 1 aliphatic carbocycles. The molecule has 0 amide bonds. The van der Waals surface area contributed by atoms with Gasteiger partial charge < -0.3 is 9.47 Å². The van der Waals surface area contributed by atoms with Crippen molar-refractivity contribution in [3.8, 4) is 0 Å². The summed E-state index contributed by atoms with van der Waals surface area (Å²) in [4.78, 5) is 13.5. The number of allylic oxidation sites excluding steroid dienone is 1. The van der Waals surface area contributed by atoms with Gasteiger partial charge in [-0.15, -0.1) is 0 Å². The molecule has 0 radical (unpaired) electrons. The molecule has 2 aliphatic rings. The summed E-state index contributed by atoms with van der Waals surface area (Å²) < 4.78 is 13.6. The highest BCUT2D eigenvalue weighted by atomic mass is 79.9. The molecule has 1 heterocycles. The Kier molecular flexibility index (Phi) is 8.67. The monoisotopic (exact) mass is 530 g/mol. The summed E-state index contributed by atoms with van der Waals surface area (Å²) >= 11 is 9.52. The molecule has 0 N–H and O–H groups in total. The fourth-order valence-electron chi connectivity index (χ4n) is 5.02. The topological polar surface area (TPSA) is 35.5 Å². The van der Waals surface area contributed by atoms with E-state index < -0.39 is 0 Å². The quantitative estimate of drug-likeness (QED) is 0.308. The first kappa shape index (κ1) is 24.5. The highest BCUT2D eigenvalue weighted by Crippen LogP contribution is 2.42. The van der Waals surface area contributed by atoms with Crippen molar-refractivity contribution in [1.82, 2.24) is 0 Å². The number of unbranched alkanes of at least 4 members (excludes halogenated alkanes) is 3. The second-order valence-corrected chi connectivity index (χ2v) is 10.6. The molecule has 1 fully saturated rings. The second-order valence-electron chi connectivity index (χ2n) is 9.24. The van der Waals surface area contributed by atoms with Crippen LogP contribution in [0.25, 0.3) is 5.57 Å². The third-order valence-corrected chi connectivity index (χ3v) is 7.70. The van der Waals surface area contributed by atoms with Crippen LogP contribution in [0.4, 0.5) is 0 Å². The summed E-state index contributed by atoms with van der Waals surface area (Å²) in [7, 11) is 0. The molecule has 3 nitrogen and oxygen atoms in total. The van der Waals surface area contributed by atoms with Crippen LogP contribution in [0.1, 0.15) is 63.0 Å². The lowest BCUT2D eigenvalue weighted by Gasteiger charge is -2.42. The molecule has 0 aromatic heterocycles. The molecule has 4 rings (SSSR count). The van der Waals surface area contributed by atoms with E-state index in [1.807, 2.05) is 36.4 Å². The second kappa shape index (κ2) is 11.7. The van der Waals surface area contributed by atoms with Gasteiger partial charge in [-0.05, 0) is 54.2 Å². The zero-order valence-corrected chi connectivity index (χ0v) is 21.5. The molecule has 176 valence electrons. The maximum Gasteiger partial charge on any atom is 0.173 e. The number of fused-ring (bicyclic) bond motifs is 1. The number of halogens is 2. The van der Waals surface area contributed by atoms with Crippen LogP contribution in [0.3, 0.4) is 0 Å². The molecule has 2 aromatic carbocycles. The van der Waals surface area contributed by atoms with Crippen molar-refractivity contribution in [2.75, 3.05) is 0 Å². The number of carbonyl (C=O) groups is 1.